The van der Waals surface area contributed by atoms with E-state index in [9.17, 15) is 14.7 Å². The van der Waals surface area contributed by atoms with Gasteiger partial charge >= 0.3 is 0 Å². The summed E-state index contributed by atoms with van der Waals surface area (Å²) in [7, 11) is 0. The smallest absolute Gasteiger partial charge is 0.266 e. The van der Waals surface area contributed by atoms with Crippen LogP contribution in [-0.4, -0.2) is 22.5 Å². The molecule has 0 atom stereocenters. The fourth-order valence-electron chi connectivity index (χ4n) is 2.51. The van der Waals surface area contributed by atoms with Gasteiger partial charge in [-0.2, -0.15) is 0 Å². The first-order valence-electron chi connectivity index (χ1n) is 7.65. The van der Waals surface area contributed by atoms with Crippen molar-refractivity contribution in [2.24, 2.45) is 0 Å². The maximum atomic E-state index is 12.7. The number of rotatable bonds is 1. The molecule has 0 saturated carbocycles. The van der Waals surface area contributed by atoms with E-state index in [2.05, 4.69) is 17.8 Å². The van der Waals surface area contributed by atoms with Crippen LogP contribution in [0.15, 0.2) is 42.5 Å². The van der Waals surface area contributed by atoms with Gasteiger partial charge in [-0.05, 0) is 50.2 Å². The first kappa shape index (κ1) is 16.5. The van der Waals surface area contributed by atoms with E-state index in [1.807, 2.05) is 0 Å². The summed E-state index contributed by atoms with van der Waals surface area (Å²) in [6.45, 7) is 3.16. The molecule has 0 saturated heterocycles. The van der Waals surface area contributed by atoms with E-state index >= 15 is 0 Å². The van der Waals surface area contributed by atoms with Gasteiger partial charge in [-0.3, -0.25) is 9.59 Å². The van der Waals surface area contributed by atoms with E-state index in [1.54, 1.807) is 56.3 Å². The summed E-state index contributed by atoms with van der Waals surface area (Å²) in [6, 6.07) is 11.5. The van der Waals surface area contributed by atoms with Gasteiger partial charge in [-0.15, -0.1) is 6.42 Å². The number of aliphatic hydroxyl groups is 1. The molecule has 2 aromatic rings. The molecule has 0 aromatic heterocycles. The fraction of sp³-hybridized carbons (Fsp3) is 0.143. The van der Waals surface area contributed by atoms with Crippen LogP contribution in [0.1, 0.15) is 45.7 Å². The SMILES string of the molecule is C#Cc1ccc2c(c1)C(=O)N(c1cccc(C#CC(C)(C)O)c1)C2=O. The minimum Gasteiger partial charge on any atom is -0.378 e. The van der Waals surface area contributed by atoms with Crippen LogP contribution in [0.4, 0.5) is 5.69 Å². The molecule has 1 N–H and O–H groups in total. The van der Waals surface area contributed by atoms with Crippen LogP contribution >= 0.6 is 0 Å². The molecule has 0 radical (unpaired) electrons. The largest absolute Gasteiger partial charge is 0.378 e. The number of carbonyl (C=O) groups excluding carboxylic acids is 2. The summed E-state index contributed by atoms with van der Waals surface area (Å²) >= 11 is 0. The molecular weight excluding hydrogens is 314 g/mol. The molecular formula is C21H15NO3. The van der Waals surface area contributed by atoms with Crippen molar-refractivity contribution in [2.75, 3.05) is 4.90 Å². The van der Waals surface area contributed by atoms with Gasteiger partial charge in [0.1, 0.15) is 5.60 Å². The molecule has 4 nitrogen and oxygen atoms in total. The summed E-state index contributed by atoms with van der Waals surface area (Å²) in [6.07, 6.45) is 5.36. The Morgan fingerprint density at radius 3 is 2.40 bits per heavy atom. The van der Waals surface area contributed by atoms with Gasteiger partial charge in [-0.1, -0.05) is 23.8 Å². The molecule has 1 aliphatic heterocycles. The van der Waals surface area contributed by atoms with Crippen LogP contribution in [0.2, 0.25) is 0 Å². The molecule has 2 aromatic carbocycles. The average Bonchev–Trinajstić information content (AvgIpc) is 2.83. The monoisotopic (exact) mass is 329 g/mol. The number of amides is 2. The molecule has 4 heteroatoms. The second-order valence-corrected chi connectivity index (χ2v) is 6.21. The Balaban J connectivity index is 2.01. The minimum absolute atomic E-state index is 0.299. The summed E-state index contributed by atoms with van der Waals surface area (Å²) in [5, 5.41) is 9.70. The zero-order valence-electron chi connectivity index (χ0n) is 13.8. The zero-order valence-corrected chi connectivity index (χ0v) is 13.8. The molecule has 0 fully saturated rings. The van der Waals surface area contributed by atoms with Crippen LogP contribution in [0.3, 0.4) is 0 Å². The first-order chi connectivity index (χ1) is 11.8. The molecule has 3 rings (SSSR count). The van der Waals surface area contributed by atoms with Gasteiger partial charge in [0.15, 0.2) is 0 Å². The van der Waals surface area contributed by atoms with Gasteiger partial charge in [0.25, 0.3) is 11.8 Å². The van der Waals surface area contributed by atoms with Crippen molar-refractivity contribution in [3.63, 3.8) is 0 Å². The van der Waals surface area contributed by atoms with Crippen molar-refractivity contribution < 1.29 is 14.7 Å². The number of nitrogens with zero attached hydrogens (tertiary/aromatic N) is 1. The molecule has 0 spiro atoms. The summed E-state index contributed by atoms with van der Waals surface area (Å²) in [5.41, 5.74) is 1.07. The predicted octanol–water partition coefficient (Wildman–Crippen LogP) is 2.59. The Bertz CT molecular complexity index is 994. The topological polar surface area (TPSA) is 57.6 Å². The van der Waals surface area contributed by atoms with Gasteiger partial charge in [0, 0.05) is 11.1 Å². The van der Waals surface area contributed by atoms with Gasteiger partial charge in [0.05, 0.1) is 16.8 Å². The van der Waals surface area contributed by atoms with E-state index in [1.165, 1.54) is 0 Å². The van der Waals surface area contributed by atoms with Crippen molar-refractivity contribution in [3.8, 4) is 24.2 Å². The van der Waals surface area contributed by atoms with E-state index in [0.29, 0.717) is 27.9 Å². The van der Waals surface area contributed by atoms with E-state index in [0.717, 1.165) is 4.90 Å². The molecule has 1 heterocycles. The third kappa shape index (κ3) is 3.17. The Labute approximate surface area is 146 Å². The van der Waals surface area contributed by atoms with Crippen LogP contribution in [-0.2, 0) is 0 Å². The first-order valence-corrected chi connectivity index (χ1v) is 7.65. The highest BCUT2D eigenvalue weighted by Crippen LogP contribution is 2.29. The van der Waals surface area contributed by atoms with E-state index in [4.69, 9.17) is 6.42 Å². The number of terminal acetylenes is 1. The Morgan fingerprint density at radius 1 is 1.00 bits per heavy atom. The molecule has 25 heavy (non-hydrogen) atoms. The lowest BCUT2D eigenvalue weighted by Crippen LogP contribution is -2.29. The second kappa shape index (κ2) is 5.94. The third-order valence-corrected chi connectivity index (χ3v) is 3.67. The average molecular weight is 329 g/mol. The third-order valence-electron chi connectivity index (χ3n) is 3.67. The minimum atomic E-state index is -1.13. The van der Waals surface area contributed by atoms with Crippen molar-refractivity contribution in [3.05, 3.63) is 64.7 Å². The van der Waals surface area contributed by atoms with Crippen molar-refractivity contribution >= 4 is 17.5 Å². The molecule has 0 unspecified atom stereocenters. The summed E-state index contributed by atoms with van der Waals surface area (Å²) in [4.78, 5) is 26.4. The lowest BCUT2D eigenvalue weighted by atomic mass is 10.1. The van der Waals surface area contributed by atoms with Crippen molar-refractivity contribution in [1.82, 2.24) is 0 Å². The summed E-state index contributed by atoms with van der Waals surface area (Å²) < 4.78 is 0. The van der Waals surface area contributed by atoms with Crippen LogP contribution in [0.5, 0.6) is 0 Å². The number of anilines is 1. The standard InChI is InChI=1S/C21H15NO3/c1-4-14-8-9-17-18(13-14)20(24)22(19(17)23)16-7-5-6-15(12-16)10-11-21(2,3)25/h1,5-9,12-13,25H,2-3H3. The fourth-order valence-corrected chi connectivity index (χ4v) is 2.51. The summed E-state index contributed by atoms with van der Waals surface area (Å²) in [5.74, 6) is 7.21. The number of hydrogen-bond donors (Lipinski definition) is 1. The molecule has 122 valence electrons. The zero-order chi connectivity index (χ0) is 18.2. The van der Waals surface area contributed by atoms with Gasteiger partial charge < -0.3 is 5.11 Å². The number of benzene rings is 2. The highest BCUT2D eigenvalue weighted by atomic mass is 16.3. The molecule has 0 bridgehead atoms. The number of carbonyl (C=O) groups is 2. The van der Waals surface area contributed by atoms with E-state index < -0.39 is 17.4 Å². The van der Waals surface area contributed by atoms with Crippen molar-refractivity contribution in [1.29, 1.82) is 0 Å². The molecule has 2 amide bonds. The number of fused-ring (bicyclic) bond motifs is 1. The predicted molar refractivity (Wildman–Crippen MR) is 95.1 cm³/mol. The Kier molecular flexibility index (Phi) is 3.93. The molecule has 1 aliphatic rings. The van der Waals surface area contributed by atoms with Crippen LogP contribution in [0.25, 0.3) is 0 Å². The Morgan fingerprint density at radius 2 is 1.72 bits per heavy atom. The maximum absolute atomic E-state index is 12.7. The maximum Gasteiger partial charge on any atom is 0.266 e. The number of imide groups is 1. The lowest BCUT2D eigenvalue weighted by molar-refractivity contribution is 0.0926. The quantitative estimate of drug-likeness (QED) is 0.646. The highest BCUT2D eigenvalue weighted by molar-refractivity contribution is 6.34. The molecule has 0 aliphatic carbocycles. The lowest BCUT2D eigenvalue weighted by Gasteiger charge is -2.14. The van der Waals surface area contributed by atoms with E-state index in [-0.39, 0.29) is 0 Å². The normalized spacial score (nSPS) is 13.1. The highest BCUT2D eigenvalue weighted by Gasteiger charge is 2.36. The van der Waals surface area contributed by atoms with Crippen LogP contribution < -0.4 is 4.90 Å². The van der Waals surface area contributed by atoms with Crippen LogP contribution in [0, 0.1) is 24.2 Å². The van der Waals surface area contributed by atoms with Gasteiger partial charge in [0.2, 0.25) is 0 Å². The van der Waals surface area contributed by atoms with Gasteiger partial charge in [-0.25, -0.2) is 4.90 Å². The second-order valence-electron chi connectivity index (χ2n) is 6.21. The Hall–Kier alpha value is -3.34. The van der Waals surface area contributed by atoms with Crippen molar-refractivity contribution in [2.45, 2.75) is 19.4 Å². The number of hydrogen-bond acceptors (Lipinski definition) is 3.